The van der Waals surface area contributed by atoms with Crippen molar-refractivity contribution in [1.29, 1.82) is 0 Å². The molecular weight excluding hydrogens is 514 g/mol. The van der Waals surface area contributed by atoms with Crippen LogP contribution in [0.15, 0.2) is 67.9 Å². The maximum Gasteiger partial charge on any atom is 0.332 e. The zero-order valence-corrected chi connectivity index (χ0v) is 23.3. The number of hydrogen-bond donors (Lipinski definition) is 1. The number of unbranched alkanes of at least 4 members (excludes halogenated alkanes) is 1. The van der Waals surface area contributed by atoms with Gasteiger partial charge in [-0.25, -0.2) is 4.79 Å². The van der Waals surface area contributed by atoms with Crippen molar-refractivity contribution in [1.82, 2.24) is 14.0 Å². The van der Waals surface area contributed by atoms with E-state index in [1.165, 1.54) is 17.6 Å². The van der Waals surface area contributed by atoms with E-state index >= 15 is 0 Å². The lowest BCUT2D eigenvalue weighted by Gasteiger charge is -2.33. The maximum atomic E-state index is 12.4. The average Bonchev–Trinajstić information content (AvgIpc) is 3.17. The van der Waals surface area contributed by atoms with Crippen LogP contribution in [-0.2, 0) is 25.3 Å². The minimum atomic E-state index is -0.821. The minimum Gasteiger partial charge on any atom is -0.481 e. The number of benzene rings is 2. The quantitative estimate of drug-likeness (QED) is 0.428. The highest BCUT2D eigenvalue weighted by Crippen LogP contribution is 2.48. The van der Waals surface area contributed by atoms with Gasteiger partial charge in [0.25, 0.3) is 5.56 Å². The normalized spacial score (nSPS) is 15.5. The van der Waals surface area contributed by atoms with Gasteiger partial charge in [-0.3, -0.25) is 18.7 Å². The summed E-state index contributed by atoms with van der Waals surface area (Å²) in [5, 5.41) is 9.29. The molecule has 0 amide bonds. The summed E-state index contributed by atoms with van der Waals surface area (Å²) in [6, 6.07) is 15.9. The van der Waals surface area contributed by atoms with Gasteiger partial charge in [0.1, 0.15) is 5.82 Å². The first kappa shape index (κ1) is 27.1. The van der Waals surface area contributed by atoms with Gasteiger partial charge in [0, 0.05) is 56.1 Å². The van der Waals surface area contributed by atoms with Crippen LogP contribution in [0.4, 0.5) is 17.2 Å². The molecule has 1 saturated heterocycles. The molecule has 1 N–H and O–H groups in total. The molecule has 0 atom stereocenters. The number of para-hydroxylation sites is 1. The van der Waals surface area contributed by atoms with Crippen LogP contribution in [0.2, 0.25) is 0 Å². The number of hydrogen-bond acceptors (Lipinski definition) is 7. The summed E-state index contributed by atoms with van der Waals surface area (Å²) in [7, 11) is 3.23. The first-order valence-corrected chi connectivity index (χ1v) is 14.3. The third kappa shape index (κ3) is 5.91. The molecule has 0 unspecified atom stereocenters. The van der Waals surface area contributed by atoms with E-state index < -0.39 is 5.97 Å². The predicted molar refractivity (Wildman–Crippen MR) is 155 cm³/mol. The van der Waals surface area contributed by atoms with E-state index in [4.69, 9.17) is 0 Å². The van der Waals surface area contributed by atoms with Crippen LogP contribution < -0.4 is 21.0 Å². The maximum absolute atomic E-state index is 12.4. The molecule has 1 aromatic heterocycles. The van der Waals surface area contributed by atoms with Crippen molar-refractivity contribution in [3.8, 4) is 0 Å². The number of fused-ring (bicyclic) bond motifs is 2. The number of carboxylic acid groups (broad SMARTS) is 1. The Labute approximate surface area is 232 Å². The van der Waals surface area contributed by atoms with Gasteiger partial charge >= 0.3 is 11.7 Å². The molecule has 2 aliphatic heterocycles. The summed E-state index contributed by atoms with van der Waals surface area (Å²) >= 11 is 1.74. The number of aliphatic carboxylic acids is 1. The third-order valence-corrected chi connectivity index (χ3v) is 8.69. The highest BCUT2D eigenvalue weighted by Gasteiger charge is 2.24. The molecule has 2 aromatic carbocycles. The van der Waals surface area contributed by atoms with Crippen LogP contribution in [0.3, 0.4) is 0 Å². The fourth-order valence-electron chi connectivity index (χ4n) is 5.45. The van der Waals surface area contributed by atoms with Gasteiger partial charge in [-0.1, -0.05) is 30.0 Å². The smallest absolute Gasteiger partial charge is 0.332 e. The Hall–Kier alpha value is -3.50. The zero-order valence-electron chi connectivity index (χ0n) is 22.5. The lowest BCUT2D eigenvalue weighted by Crippen LogP contribution is -2.41. The monoisotopic (exact) mass is 549 g/mol. The van der Waals surface area contributed by atoms with Crippen molar-refractivity contribution in [2.75, 3.05) is 49.1 Å². The molecule has 1 fully saturated rings. The Morgan fingerprint density at radius 1 is 0.872 bits per heavy atom. The van der Waals surface area contributed by atoms with E-state index in [-0.39, 0.29) is 17.7 Å². The zero-order chi connectivity index (χ0) is 27.5. The van der Waals surface area contributed by atoms with Gasteiger partial charge in [0.15, 0.2) is 0 Å². The Kier molecular flexibility index (Phi) is 8.13. The third-order valence-electron chi connectivity index (χ3n) is 7.56. The first-order chi connectivity index (χ1) is 18.8. The molecule has 2 aliphatic rings. The summed E-state index contributed by atoms with van der Waals surface area (Å²) in [4.78, 5) is 45.2. The topological polar surface area (TPSA) is 91.0 Å². The summed E-state index contributed by atoms with van der Waals surface area (Å²) in [6.45, 7) is 5.30. The van der Waals surface area contributed by atoms with Gasteiger partial charge in [0.05, 0.1) is 17.8 Å². The molecule has 0 saturated carbocycles. The fourth-order valence-corrected chi connectivity index (χ4v) is 6.53. The molecule has 10 heteroatoms. The van der Waals surface area contributed by atoms with Gasteiger partial charge in [-0.2, -0.15) is 0 Å². The molecule has 3 heterocycles. The summed E-state index contributed by atoms with van der Waals surface area (Å²) in [5.74, 6) is -0.133. The molecule has 5 rings (SSSR count). The van der Waals surface area contributed by atoms with E-state index in [1.807, 2.05) is 18.2 Å². The molecule has 0 aliphatic carbocycles. The van der Waals surface area contributed by atoms with Crippen molar-refractivity contribution in [2.24, 2.45) is 14.1 Å². The van der Waals surface area contributed by atoms with Crippen LogP contribution in [-0.4, -0.2) is 64.4 Å². The molecule has 0 spiro atoms. The van der Waals surface area contributed by atoms with Crippen molar-refractivity contribution in [3.05, 3.63) is 74.9 Å². The Balaban J connectivity index is 1.21. The second-order valence-electron chi connectivity index (χ2n) is 10.2. The predicted octanol–water partition coefficient (Wildman–Crippen LogP) is 3.31. The van der Waals surface area contributed by atoms with Crippen molar-refractivity contribution < 1.29 is 9.90 Å². The number of rotatable bonds is 8. The van der Waals surface area contributed by atoms with Crippen molar-refractivity contribution in [3.63, 3.8) is 0 Å². The highest BCUT2D eigenvalue weighted by molar-refractivity contribution is 7.99. The number of anilines is 3. The van der Waals surface area contributed by atoms with Crippen LogP contribution >= 0.6 is 11.8 Å². The second-order valence-corrected chi connectivity index (χ2v) is 11.3. The van der Waals surface area contributed by atoms with E-state index in [0.29, 0.717) is 5.82 Å². The molecule has 206 valence electrons. The number of carbonyl (C=O) groups is 1. The summed E-state index contributed by atoms with van der Waals surface area (Å²) in [5.41, 5.74) is 2.50. The Morgan fingerprint density at radius 2 is 1.64 bits per heavy atom. The minimum absolute atomic E-state index is 0.0190. The molecule has 0 bridgehead atoms. The van der Waals surface area contributed by atoms with E-state index in [1.54, 1.807) is 29.4 Å². The van der Waals surface area contributed by atoms with E-state index in [2.05, 4.69) is 39.0 Å². The summed E-state index contributed by atoms with van der Waals surface area (Å²) < 4.78 is 2.70. The van der Waals surface area contributed by atoms with Crippen LogP contribution in [0.1, 0.15) is 24.8 Å². The second kappa shape index (κ2) is 11.7. The number of carboxylic acids is 1. The van der Waals surface area contributed by atoms with Crippen molar-refractivity contribution in [2.45, 2.75) is 35.5 Å². The molecule has 9 nitrogen and oxygen atoms in total. The molecule has 3 aromatic rings. The van der Waals surface area contributed by atoms with Gasteiger partial charge in [0.2, 0.25) is 0 Å². The standard InChI is InChI=1S/C29H35N5O4S/c1-30-26(20-27(35)31(2)29(30)38)33-14-7-13-32(16-17-33)12-5-6-15-34-22-8-3-4-9-24(22)39-25-11-10-21(18-23(25)34)19-28(36)37/h3-4,8-11,18,20H,5-7,12-17,19H2,1-2H3,(H,36,37). The van der Waals surface area contributed by atoms with Crippen LogP contribution in [0.5, 0.6) is 0 Å². The largest absolute Gasteiger partial charge is 0.481 e. The van der Waals surface area contributed by atoms with Crippen LogP contribution in [0, 0.1) is 0 Å². The fraction of sp³-hybridized carbons (Fsp3) is 0.414. The van der Waals surface area contributed by atoms with E-state index in [0.717, 1.165) is 79.2 Å². The van der Waals surface area contributed by atoms with Gasteiger partial charge in [-0.05, 0) is 62.2 Å². The van der Waals surface area contributed by atoms with Crippen molar-refractivity contribution >= 4 is 34.9 Å². The lowest BCUT2D eigenvalue weighted by molar-refractivity contribution is -0.136. The SMILES string of the molecule is Cn1c(N2CCCN(CCCCN3c4ccccc4Sc4ccc(CC(=O)O)cc43)CC2)cc(=O)n(C)c1=O. The molecule has 0 radical (unpaired) electrons. The molecular formula is C29H35N5O4S. The molecule has 39 heavy (non-hydrogen) atoms. The van der Waals surface area contributed by atoms with Gasteiger partial charge in [-0.15, -0.1) is 0 Å². The van der Waals surface area contributed by atoms with Gasteiger partial charge < -0.3 is 19.8 Å². The highest BCUT2D eigenvalue weighted by atomic mass is 32.2. The number of nitrogens with zero attached hydrogens (tertiary/aromatic N) is 5. The van der Waals surface area contributed by atoms with E-state index in [9.17, 15) is 19.5 Å². The average molecular weight is 550 g/mol. The summed E-state index contributed by atoms with van der Waals surface area (Å²) in [6.07, 6.45) is 3.04. The first-order valence-electron chi connectivity index (χ1n) is 13.5. The lowest BCUT2D eigenvalue weighted by atomic mass is 10.1. The number of aromatic nitrogens is 2. The Bertz CT molecular complexity index is 1480. The Morgan fingerprint density at radius 3 is 2.46 bits per heavy atom. The van der Waals surface area contributed by atoms with Crippen LogP contribution in [0.25, 0.3) is 0 Å².